The molecule has 0 unspecified atom stereocenters. The quantitative estimate of drug-likeness (QED) is 0.384. The van der Waals surface area contributed by atoms with Gasteiger partial charge in [-0.1, -0.05) is 35.0 Å². The van der Waals surface area contributed by atoms with Gasteiger partial charge >= 0.3 is 11.9 Å². The first-order chi connectivity index (χ1) is 13.3. The summed E-state index contributed by atoms with van der Waals surface area (Å²) in [4.78, 5) is 49.7. The van der Waals surface area contributed by atoms with E-state index in [1.807, 2.05) is 19.1 Å². The second-order valence-corrected chi connectivity index (χ2v) is 7.21. The highest BCUT2D eigenvalue weighted by atomic mass is 16.5. The van der Waals surface area contributed by atoms with Crippen LogP contribution in [0.4, 0.5) is 0 Å². The molecule has 1 saturated carbocycles. The number of hydrogen-bond donors (Lipinski definition) is 0. The average Bonchev–Trinajstić information content (AvgIpc) is 2.97. The molecule has 4 atom stereocenters. The molecule has 1 aromatic rings. The molecule has 1 aliphatic carbocycles. The van der Waals surface area contributed by atoms with Gasteiger partial charge < -0.3 is 9.47 Å². The number of Topliss-reactive ketones (excluding diaryl/α,β-unsaturated/α-hetero) is 1. The van der Waals surface area contributed by atoms with E-state index in [-0.39, 0.29) is 26.1 Å². The van der Waals surface area contributed by atoms with E-state index in [2.05, 4.69) is 5.18 Å². The minimum absolute atomic E-state index is 0.0228. The van der Waals surface area contributed by atoms with Gasteiger partial charge in [-0.15, -0.1) is 0 Å². The predicted octanol–water partition coefficient (Wildman–Crippen LogP) is 3.33. The van der Waals surface area contributed by atoms with Crippen LogP contribution in [-0.2, 0) is 23.9 Å². The van der Waals surface area contributed by atoms with Gasteiger partial charge in [-0.25, -0.2) is 0 Å². The van der Waals surface area contributed by atoms with E-state index in [0.717, 1.165) is 5.56 Å². The lowest BCUT2D eigenvalue weighted by molar-refractivity contribution is -0.161. The molecule has 28 heavy (non-hydrogen) atoms. The van der Waals surface area contributed by atoms with Gasteiger partial charge in [0.2, 0.25) is 0 Å². The fraction of sp³-hybridized carbons (Fsp3) is 0.571. The summed E-state index contributed by atoms with van der Waals surface area (Å²) in [6.07, 6.45) is -0.0595. The Morgan fingerprint density at radius 2 is 1.86 bits per heavy atom. The van der Waals surface area contributed by atoms with E-state index in [0.29, 0.717) is 5.56 Å². The van der Waals surface area contributed by atoms with Crippen LogP contribution in [-0.4, -0.2) is 37.0 Å². The van der Waals surface area contributed by atoms with Crippen molar-refractivity contribution in [1.29, 1.82) is 0 Å². The van der Waals surface area contributed by atoms with Crippen molar-refractivity contribution < 1.29 is 23.9 Å². The van der Waals surface area contributed by atoms with E-state index in [4.69, 9.17) is 9.47 Å². The average molecular weight is 389 g/mol. The Bertz CT molecular complexity index is 761. The van der Waals surface area contributed by atoms with Gasteiger partial charge in [-0.05, 0) is 45.6 Å². The molecule has 0 radical (unpaired) electrons. The molecular weight excluding hydrogens is 362 g/mol. The lowest BCUT2D eigenvalue weighted by Crippen LogP contribution is -2.43. The first kappa shape index (κ1) is 21.7. The molecule has 0 spiro atoms. The summed E-state index contributed by atoms with van der Waals surface area (Å²) >= 11 is 0. The van der Waals surface area contributed by atoms with Crippen molar-refractivity contribution in [3.05, 3.63) is 40.3 Å². The lowest BCUT2D eigenvalue weighted by atomic mass is 9.70. The maximum Gasteiger partial charge on any atom is 0.320 e. The SMILES string of the molecule is CCOC(=O)C[C@@H]1C[C@@](C(C)=O)(C(=O)OCC)[C@@H](c2cccc(C)c2)[C@@H]1N=O. The van der Waals surface area contributed by atoms with Crippen molar-refractivity contribution in [2.45, 2.75) is 52.5 Å². The van der Waals surface area contributed by atoms with E-state index in [1.54, 1.807) is 26.0 Å². The van der Waals surface area contributed by atoms with Crippen molar-refractivity contribution in [2.24, 2.45) is 16.5 Å². The molecule has 0 saturated heterocycles. The van der Waals surface area contributed by atoms with E-state index < -0.39 is 41.0 Å². The Labute approximate surface area is 164 Å². The summed E-state index contributed by atoms with van der Waals surface area (Å²) in [5.74, 6) is -2.92. The highest BCUT2D eigenvalue weighted by Crippen LogP contribution is 2.56. The lowest BCUT2D eigenvalue weighted by Gasteiger charge is -2.32. The molecule has 0 aromatic heterocycles. The highest BCUT2D eigenvalue weighted by molar-refractivity contribution is 6.04. The fourth-order valence-corrected chi connectivity index (χ4v) is 4.32. The Hall–Kier alpha value is -2.57. The van der Waals surface area contributed by atoms with E-state index >= 15 is 0 Å². The van der Waals surface area contributed by atoms with Crippen molar-refractivity contribution in [1.82, 2.24) is 0 Å². The van der Waals surface area contributed by atoms with Crippen LogP contribution in [0.3, 0.4) is 0 Å². The number of hydrogen-bond acceptors (Lipinski definition) is 7. The Morgan fingerprint density at radius 1 is 1.18 bits per heavy atom. The fourth-order valence-electron chi connectivity index (χ4n) is 4.32. The van der Waals surface area contributed by atoms with E-state index in [9.17, 15) is 19.3 Å². The molecule has 152 valence electrons. The molecule has 0 N–H and O–H groups in total. The maximum absolute atomic E-state index is 13.0. The van der Waals surface area contributed by atoms with Gasteiger partial charge in [0.15, 0.2) is 0 Å². The number of ether oxygens (including phenoxy) is 2. The molecule has 0 aliphatic heterocycles. The molecule has 7 heteroatoms. The van der Waals surface area contributed by atoms with Gasteiger partial charge in [0.1, 0.15) is 17.2 Å². The summed E-state index contributed by atoms with van der Waals surface area (Å²) in [6, 6.07) is 6.39. The molecule has 0 amide bonds. The monoisotopic (exact) mass is 389 g/mol. The van der Waals surface area contributed by atoms with Crippen LogP contribution in [0.5, 0.6) is 0 Å². The maximum atomic E-state index is 13.0. The van der Waals surface area contributed by atoms with Crippen molar-refractivity contribution >= 4 is 17.7 Å². The number of carbonyl (C=O) groups excluding carboxylic acids is 3. The third-order valence-corrected chi connectivity index (χ3v) is 5.46. The molecule has 0 bridgehead atoms. The topological polar surface area (TPSA) is 99.1 Å². The molecular formula is C21H27NO6. The van der Waals surface area contributed by atoms with Crippen LogP contribution < -0.4 is 0 Å². The number of ketones is 1. The number of aryl methyl sites for hydroxylation is 1. The molecule has 0 heterocycles. The van der Waals surface area contributed by atoms with Crippen LogP contribution in [0, 0.1) is 23.2 Å². The van der Waals surface area contributed by atoms with Gasteiger partial charge in [-0.3, -0.25) is 14.4 Å². The number of benzene rings is 1. The molecule has 2 rings (SSSR count). The standard InChI is InChI=1S/C21H27NO6/c1-5-27-17(24)11-16-12-21(14(4)23,20(25)28-6-2)18(19(16)22-26)15-9-7-8-13(3)10-15/h7-10,16,18-19H,5-6,11-12H2,1-4H3/t16-,18+,19-,21+/m1/s1. The number of nitrogens with zero attached hydrogens (tertiary/aromatic N) is 1. The smallest absolute Gasteiger partial charge is 0.320 e. The number of rotatable bonds is 8. The summed E-state index contributed by atoms with van der Waals surface area (Å²) in [5, 5.41) is 3.27. The van der Waals surface area contributed by atoms with Crippen molar-refractivity contribution in [2.75, 3.05) is 13.2 Å². The van der Waals surface area contributed by atoms with E-state index in [1.165, 1.54) is 6.92 Å². The Morgan fingerprint density at radius 3 is 2.39 bits per heavy atom. The zero-order valence-electron chi connectivity index (χ0n) is 16.8. The Balaban J connectivity index is 2.60. The van der Waals surface area contributed by atoms with Crippen LogP contribution in [0.1, 0.15) is 50.7 Å². The number of nitroso groups, excluding NO2 is 1. The summed E-state index contributed by atoms with van der Waals surface area (Å²) in [5.41, 5.74) is 0.0380. The van der Waals surface area contributed by atoms with Gasteiger partial charge in [0.25, 0.3) is 0 Å². The molecule has 7 nitrogen and oxygen atoms in total. The first-order valence-electron chi connectivity index (χ1n) is 9.54. The van der Waals surface area contributed by atoms with Crippen molar-refractivity contribution in [3.8, 4) is 0 Å². The predicted molar refractivity (Wildman–Crippen MR) is 103 cm³/mol. The summed E-state index contributed by atoms with van der Waals surface area (Å²) in [6.45, 7) is 6.88. The second kappa shape index (κ2) is 9.08. The number of carbonyl (C=O) groups is 3. The molecule has 1 aromatic carbocycles. The third kappa shape index (κ3) is 3.98. The second-order valence-electron chi connectivity index (χ2n) is 7.21. The van der Waals surface area contributed by atoms with Crippen LogP contribution in [0.25, 0.3) is 0 Å². The highest BCUT2D eigenvalue weighted by Gasteiger charge is 2.63. The zero-order valence-corrected chi connectivity index (χ0v) is 16.8. The van der Waals surface area contributed by atoms with Gasteiger partial charge in [0, 0.05) is 5.92 Å². The van der Waals surface area contributed by atoms with Gasteiger partial charge in [-0.2, -0.15) is 4.91 Å². The van der Waals surface area contributed by atoms with Crippen LogP contribution >= 0.6 is 0 Å². The van der Waals surface area contributed by atoms with Crippen LogP contribution in [0.2, 0.25) is 0 Å². The van der Waals surface area contributed by atoms with Gasteiger partial charge in [0.05, 0.1) is 19.6 Å². The normalized spacial score (nSPS) is 26.5. The Kier molecular flexibility index (Phi) is 7.05. The van der Waals surface area contributed by atoms with Crippen molar-refractivity contribution in [3.63, 3.8) is 0 Å². The first-order valence-corrected chi connectivity index (χ1v) is 9.54. The minimum Gasteiger partial charge on any atom is -0.466 e. The molecule has 1 fully saturated rings. The zero-order chi connectivity index (χ0) is 20.9. The number of esters is 2. The summed E-state index contributed by atoms with van der Waals surface area (Å²) in [7, 11) is 0. The third-order valence-electron chi connectivity index (χ3n) is 5.46. The summed E-state index contributed by atoms with van der Waals surface area (Å²) < 4.78 is 10.3. The van der Waals surface area contributed by atoms with Crippen LogP contribution in [0.15, 0.2) is 29.4 Å². The molecule has 1 aliphatic rings. The largest absolute Gasteiger partial charge is 0.466 e. The minimum atomic E-state index is -1.56.